The van der Waals surface area contributed by atoms with Crippen LogP contribution in [0.5, 0.6) is 0 Å². The molecule has 0 aliphatic carbocycles. The van der Waals surface area contributed by atoms with Gasteiger partial charge in [0.25, 0.3) is 0 Å². The van der Waals surface area contributed by atoms with Crippen molar-refractivity contribution < 1.29 is 14.6 Å². The van der Waals surface area contributed by atoms with E-state index in [2.05, 4.69) is 18.7 Å². The van der Waals surface area contributed by atoms with Crippen molar-refractivity contribution in [2.24, 2.45) is 0 Å². The van der Waals surface area contributed by atoms with Gasteiger partial charge in [-0.1, -0.05) is 0 Å². The Morgan fingerprint density at radius 3 is 2.88 bits per heavy atom. The van der Waals surface area contributed by atoms with Crippen LogP contribution in [0.15, 0.2) is 0 Å². The fourth-order valence-corrected chi connectivity index (χ4v) is 2.59. The van der Waals surface area contributed by atoms with E-state index in [1.165, 1.54) is 0 Å². The number of aliphatic hydroxyl groups is 1. The minimum atomic E-state index is -0.345. The van der Waals surface area contributed by atoms with Gasteiger partial charge < -0.3 is 9.84 Å². The quantitative estimate of drug-likeness (QED) is 0.769. The number of aliphatic hydroxyl groups excluding tert-OH is 1. The standard InChI is InChI=1S/C11H20N2O3/c1-8(2)12-5-3-4-10(12)13-6-9(7-14)16-11(13)15/h8-10,14H,3-7H2,1-2H3/t9-,10?/m1/s1. The number of carbonyl (C=O) groups excluding carboxylic acids is 1. The Kier molecular flexibility index (Phi) is 3.35. The highest BCUT2D eigenvalue weighted by atomic mass is 16.6. The number of likely N-dealkylation sites (tertiary alicyclic amines) is 1. The molecular weight excluding hydrogens is 208 g/mol. The Labute approximate surface area is 96.0 Å². The van der Waals surface area contributed by atoms with Crippen molar-refractivity contribution in [2.45, 2.75) is 45.0 Å². The Morgan fingerprint density at radius 1 is 1.56 bits per heavy atom. The molecule has 2 aliphatic rings. The van der Waals surface area contributed by atoms with E-state index < -0.39 is 0 Å². The molecule has 1 amide bonds. The number of rotatable bonds is 3. The molecule has 2 saturated heterocycles. The summed E-state index contributed by atoms with van der Waals surface area (Å²) in [5.41, 5.74) is 0. The second-order valence-electron chi connectivity index (χ2n) is 4.80. The largest absolute Gasteiger partial charge is 0.442 e. The molecule has 92 valence electrons. The highest BCUT2D eigenvalue weighted by Gasteiger charge is 2.40. The van der Waals surface area contributed by atoms with Crippen LogP contribution in [0.25, 0.3) is 0 Å². The molecule has 2 rings (SSSR count). The number of hydrogen-bond acceptors (Lipinski definition) is 4. The lowest BCUT2D eigenvalue weighted by Crippen LogP contribution is -2.48. The first-order valence-electron chi connectivity index (χ1n) is 5.97. The van der Waals surface area contributed by atoms with Gasteiger partial charge in [0.05, 0.1) is 19.3 Å². The highest BCUT2D eigenvalue weighted by molar-refractivity contribution is 5.70. The van der Waals surface area contributed by atoms with Crippen LogP contribution in [0.4, 0.5) is 4.79 Å². The molecule has 0 bridgehead atoms. The Balaban J connectivity index is 2.04. The molecule has 2 fully saturated rings. The van der Waals surface area contributed by atoms with Crippen molar-refractivity contribution in [1.82, 2.24) is 9.80 Å². The Morgan fingerprint density at radius 2 is 2.31 bits per heavy atom. The van der Waals surface area contributed by atoms with Crippen LogP contribution in [0.1, 0.15) is 26.7 Å². The van der Waals surface area contributed by atoms with E-state index in [0.717, 1.165) is 19.4 Å². The molecule has 2 aliphatic heterocycles. The van der Waals surface area contributed by atoms with Gasteiger partial charge in [-0.05, 0) is 26.7 Å². The zero-order chi connectivity index (χ0) is 11.7. The van der Waals surface area contributed by atoms with Crippen LogP contribution in [-0.2, 0) is 4.74 Å². The summed E-state index contributed by atoms with van der Waals surface area (Å²) in [7, 11) is 0. The summed E-state index contributed by atoms with van der Waals surface area (Å²) in [6, 6.07) is 0.438. The Bertz CT molecular complexity index is 270. The third kappa shape index (κ3) is 2.01. The van der Waals surface area contributed by atoms with Gasteiger partial charge in [-0.2, -0.15) is 0 Å². The summed E-state index contributed by atoms with van der Waals surface area (Å²) in [5, 5.41) is 9.00. The maximum absolute atomic E-state index is 11.7. The first kappa shape index (κ1) is 11.7. The minimum Gasteiger partial charge on any atom is -0.442 e. The van der Waals surface area contributed by atoms with Crippen LogP contribution in [0, 0.1) is 0 Å². The van der Waals surface area contributed by atoms with E-state index in [-0.39, 0.29) is 25.0 Å². The summed E-state index contributed by atoms with van der Waals surface area (Å²) < 4.78 is 5.07. The molecule has 5 nitrogen and oxygen atoms in total. The van der Waals surface area contributed by atoms with Gasteiger partial charge in [0.2, 0.25) is 0 Å². The van der Waals surface area contributed by atoms with E-state index >= 15 is 0 Å². The van der Waals surface area contributed by atoms with Crippen molar-refractivity contribution in [3.05, 3.63) is 0 Å². The average molecular weight is 228 g/mol. The van der Waals surface area contributed by atoms with Gasteiger partial charge in [0.1, 0.15) is 6.10 Å². The average Bonchev–Trinajstić information content (AvgIpc) is 2.82. The second kappa shape index (κ2) is 4.59. The maximum Gasteiger partial charge on any atom is 0.411 e. The lowest BCUT2D eigenvalue weighted by molar-refractivity contribution is 0.0768. The van der Waals surface area contributed by atoms with Crippen LogP contribution in [0.3, 0.4) is 0 Å². The fourth-order valence-electron chi connectivity index (χ4n) is 2.59. The molecule has 2 atom stereocenters. The first-order valence-corrected chi connectivity index (χ1v) is 5.97. The first-order chi connectivity index (χ1) is 7.63. The molecule has 1 N–H and O–H groups in total. The van der Waals surface area contributed by atoms with Gasteiger partial charge in [-0.15, -0.1) is 0 Å². The van der Waals surface area contributed by atoms with E-state index in [1.54, 1.807) is 4.90 Å². The van der Waals surface area contributed by atoms with Crippen molar-refractivity contribution >= 4 is 6.09 Å². The topological polar surface area (TPSA) is 53.0 Å². The molecule has 2 heterocycles. The number of nitrogens with zero attached hydrogens (tertiary/aromatic N) is 2. The number of hydrogen-bond donors (Lipinski definition) is 1. The van der Waals surface area contributed by atoms with Crippen LogP contribution >= 0.6 is 0 Å². The molecule has 16 heavy (non-hydrogen) atoms. The molecule has 1 unspecified atom stereocenters. The molecule has 0 aromatic carbocycles. The van der Waals surface area contributed by atoms with Crippen LogP contribution in [0.2, 0.25) is 0 Å². The monoisotopic (exact) mass is 228 g/mol. The lowest BCUT2D eigenvalue weighted by Gasteiger charge is -2.33. The van der Waals surface area contributed by atoms with Crippen molar-refractivity contribution in [3.63, 3.8) is 0 Å². The number of ether oxygens (including phenoxy) is 1. The molecular formula is C11H20N2O3. The molecule has 0 radical (unpaired) electrons. The smallest absolute Gasteiger partial charge is 0.411 e. The third-order valence-corrected chi connectivity index (χ3v) is 3.39. The van der Waals surface area contributed by atoms with E-state index in [9.17, 15) is 4.79 Å². The predicted molar refractivity (Wildman–Crippen MR) is 58.9 cm³/mol. The predicted octanol–water partition coefficient (Wildman–Crippen LogP) is 0.630. The Hall–Kier alpha value is -0.810. The summed E-state index contributed by atoms with van der Waals surface area (Å²) in [6.07, 6.45) is 1.66. The summed E-state index contributed by atoms with van der Waals surface area (Å²) >= 11 is 0. The van der Waals surface area contributed by atoms with E-state index in [1.807, 2.05) is 0 Å². The number of cyclic esters (lactones) is 1. The number of amides is 1. The highest BCUT2D eigenvalue weighted by Crippen LogP contribution is 2.26. The normalized spacial score (nSPS) is 31.5. The van der Waals surface area contributed by atoms with E-state index in [0.29, 0.717) is 12.6 Å². The SMILES string of the molecule is CC(C)N1CCCC1N1C[C@H](CO)OC1=O. The molecule has 0 spiro atoms. The van der Waals surface area contributed by atoms with Crippen LogP contribution < -0.4 is 0 Å². The second-order valence-corrected chi connectivity index (χ2v) is 4.80. The van der Waals surface area contributed by atoms with Gasteiger partial charge in [0.15, 0.2) is 0 Å². The zero-order valence-corrected chi connectivity index (χ0v) is 9.93. The number of carbonyl (C=O) groups is 1. The molecule has 0 aromatic rings. The van der Waals surface area contributed by atoms with Crippen molar-refractivity contribution in [3.8, 4) is 0 Å². The summed E-state index contributed by atoms with van der Waals surface area (Å²) in [5.74, 6) is 0. The summed E-state index contributed by atoms with van der Waals surface area (Å²) in [4.78, 5) is 15.7. The molecule has 0 aromatic heterocycles. The van der Waals surface area contributed by atoms with Gasteiger partial charge >= 0.3 is 6.09 Å². The summed E-state index contributed by atoms with van der Waals surface area (Å²) in [6.45, 7) is 5.75. The lowest BCUT2D eigenvalue weighted by atomic mass is 10.2. The van der Waals surface area contributed by atoms with E-state index in [4.69, 9.17) is 9.84 Å². The van der Waals surface area contributed by atoms with Gasteiger partial charge in [-0.3, -0.25) is 9.80 Å². The van der Waals surface area contributed by atoms with Gasteiger partial charge in [-0.25, -0.2) is 4.79 Å². The molecule has 5 heteroatoms. The minimum absolute atomic E-state index is 0.0867. The maximum atomic E-state index is 11.7. The van der Waals surface area contributed by atoms with Crippen LogP contribution in [-0.4, -0.2) is 59.0 Å². The van der Waals surface area contributed by atoms with Crippen molar-refractivity contribution in [2.75, 3.05) is 19.7 Å². The third-order valence-electron chi connectivity index (χ3n) is 3.39. The van der Waals surface area contributed by atoms with Gasteiger partial charge in [0, 0.05) is 12.6 Å². The fraction of sp³-hybridized carbons (Fsp3) is 0.909. The zero-order valence-electron chi connectivity index (χ0n) is 9.93. The molecule has 0 saturated carbocycles. The van der Waals surface area contributed by atoms with Crippen molar-refractivity contribution in [1.29, 1.82) is 0 Å².